The van der Waals surface area contributed by atoms with Gasteiger partial charge in [-0.2, -0.15) is 0 Å². The Morgan fingerprint density at radius 1 is 1.07 bits per heavy atom. The smallest absolute Gasteiger partial charge is 0.276 e. The molecule has 2 aliphatic heterocycles. The number of nitrogens with one attached hydrogen (secondary N) is 1. The van der Waals surface area contributed by atoms with Gasteiger partial charge in [-0.3, -0.25) is 9.59 Å². The minimum Gasteiger partial charge on any atom is -0.486 e. The molecule has 0 saturated carbocycles. The van der Waals surface area contributed by atoms with Crippen molar-refractivity contribution in [1.29, 1.82) is 0 Å². The highest BCUT2D eigenvalue weighted by atomic mass is 16.6. The fraction of sp³-hybridized carbons (Fsp3) is 0.190. The van der Waals surface area contributed by atoms with Crippen LogP contribution in [0.2, 0.25) is 0 Å². The second-order valence-corrected chi connectivity index (χ2v) is 6.76. The molecule has 146 valence electrons. The maximum absolute atomic E-state index is 12.4. The van der Waals surface area contributed by atoms with Crippen LogP contribution in [0.5, 0.6) is 5.75 Å². The number of ether oxygens (including phenoxy) is 2. The quantitative estimate of drug-likeness (QED) is 0.645. The molecule has 5 rings (SSSR count). The third kappa shape index (κ3) is 3.28. The molecule has 3 aromatic rings. The van der Waals surface area contributed by atoms with E-state index in [2.05, 4.69) is 10.4 Å². The third-order valence-electron chi connectivity index (χ3n) is 4.75. The number of hydrogen-bond acceptors (Lipinski definition) is 7. The van der Waals surface area contributed by atoms with Gasteiger partial charge in [-0.1, -0.05) is 18.2 Å². The molecule has 2 aromatic carbocycles. The summed E-state index contributed by atoms with van der Waals surface area (Å²) in [5, 5.41) is 1.00. The molecule has 8 nitrogen and oxygen atoms in total. The van der Waals surface area contributed by atoms with E-state index in [1.807, 2.05) is 24.3 Å². The summed E-state index contributed by atoms with van der Waals surface area (Å²) in [6.07, 6.45) is 1.64. The highest BCUT2D eigenvalue weighted by Crippen LogP contribution is 2.26. The summed E-state index contributed by atoms with van der Waals surface area (Å²) in [6, 6.07) is 14.2. The zero-order valence-corrected chi connectivity index (χ0v) is 15.3. The largest absolute Gasteiger partial charge is 0.486 e. The molecule has 0 radical (unpaired) electrons. The molecule has 3 heterocycles. The zero-order chi connectivity index (χ0) is 19.8. The van der Waals surface area contributed by atoms with E-state index in [9.17, 15) is 9.59 Å². The number of carbonyl (C=O) groups is 2. The molecular weight excluding hydrogens is 374 g/mol. The number of carbonyl (C=O) groups excluding carboxylic acids is 2. The first-order valence-electron chi connectivity index (χ1n) is 9.20. The molecule has 0 unspecified atom stereocenters. The van der Waals surface area contributed by atoms with Gasteiger partial charge in [-0.15, -0.1) is 0 Å². The van der Waals surface area contributed by atoms with Crippen molar-refractivity contribution in [1.82, 2.24) is 15.4 Å². The Labute approximate surface area is 166 Å². The molecule has 0 atom stereocenters. The van der Waals surface area contributed by atoms with E-state index < -0.39 is 0 Å². The van der Waals surface area contributed by atoms with E-state index in [0.717, 1.165) is 16.3 Å². The topological polar surface area (TPSA) is 93.9 Å². The SMILES string of the molecule is O=C1c2ccccc2C(=O)N1NCc1cnc(-c2cccc(OC3COC3)c2)o1. The minimum absolute atomic E-state index is 0.0780. The standard InChI is InChI=1S/C21H17N3O5/c25-20-17-6-1-2-7-18(17)21(26)24(20)23-10-15-9-22-19(29-15)13-4-3-5-14(8-13)28-16-11-27-12-16/h1-9,16,23H,10-12H2. The minimum atomic E-state index is -0.379. The van der Waals surface area contributed by atoms with Crippen molar-refractivity contribution in [2.75, 3.05) is 13.2 Å². The van der Waals surface area contributed by atoms with Gasteiger partial charge < -0.3 is 13.9 Å². The van der Waals surface area contributed by atoms with E-state index in [-0.39, 0.29) is 24.5 Å². The number of rotatable bonds is 6. The van der Waals surface area contributed by atoms with Gasteiger partial charge in [0.25, 0.3) is 11.8 Å². The highest BCUT2D eigenvalue weighted by Gasteiger charge is 2.35. The Kier molecular flexibility index (Phi) is 4.34. The monoisotopic (exact) mass is 391 g/mol. The van der Waals surface area contributed by atoms with Crippen LogP contribution in [0.4, 0.5) is 0 Å². The van der Waals surface area contributed by atoms with Crippen molar-refractivity contribution in [3.63, 3.8) is 0 Å². The van der Waals surface area contributed by atoms with Crippen molar-refractivity contribution in [2.24, 2.45) is 0 Å². The van der Waals surface area contributed by atoms with E-state index in [1.54, 1.807) is 30.5 Å². The second kappa shape index (κ2) is 7.16. The Hall–Kier alpha value is -3.49. The summed E-state index contributed by atoms with van der Waals surface area (Å²) < 4.78 is 16.7. The maximum Gasteiger partial charge on any atom is 0.276 e. The van der Waals surface area contributed by atoms with Crippen LogP contribution in [-0.4, -0.2) is 41.1 Å². The van der Waals surface area contributed by atoms with Crippen molar-refractivity contribution >= 4 is 11.8 Å². The zero-order valence-electron chi connectivity index (χ0n) is 15.3. The lowest BCUT2D eigenvalue weighted by molar-refractivity contribution is -0.0796. The predicted molar refractivity (Wildman–Crippen MR) is 101 cm³/mol. The van der Waals surface area contributed by atoms with Crippen LogP contribution in [0.3, 0.4) is 0 Å². The number of amides is 2. The fourth-order valence-corrected chi connectivity index (χ4v) is 3.19. The van der Waals surface area contributed by atoms with Gasteiger partial charge in [-0.05, 0) is 30.3 Å². The molecule has 2 amide bonds. The maximum atomic E-state index is 12.4. The van der Waals surface area contributed by atoms with Crippen LogP contribution < -0.4 is 10.2 Å². The molecule has 1 aromatic heterocycles. The van der Waals surface area contributed by atoms with Crippen LogP contribution in [0.25, 0.3) is 11.5 Å². The van der Waals surface area contributed by atoms with Crippen molar-refractivity contribution < 1.29 is 23.5 Å². The van der Waals surface area contributed by atoms with Crippen LogP contribution in [-0.2, 0) is 11.3 Å². The van der Waals surface area contributed by atoms with E-state index in [4.69, 9.17) is 13.9 Å². The number of oxazole rings is 1. The molecule has 1 N–H and O–H groups in total. The normalized spacial score (nSPS) is 16.1. The van der Waals surface area contributed by atoms with Crippen molar-refractivity contribution in [3.05, 3.63) is 71.6 Å². The lowest BCUT2D eigenvalue weighted by Gasteiger charge is -2.26. The molecule has 0 aliphatic carbocycles. The van der Waals surface area contributed by atoms with Gasteiger partial charge in [-0.25, -0.2) is 15.4 Å². The van der Waals surface area contributed by atoms with Gasteiger partial charge in [0.2, 0.25) is 5.89 Å². The first kappa shape index (κ1) is 17.6. The third-order valence-corrected chi connectivity index (χ3v) is 4.75. The van der Waals surface area contributed by atoms with Gasteiger partial charge in [0.15, 0.2) is 0 Å². The Bertz CT molecular complexity index is 1050. The van der Waals surface area contributed by atoms with Gasteiger partial charge in [0.05, 0.1) is 37.1 Å². The highest BCUT2D eigenvalue weighted by molar-refractivity contribution is 6.20. The lowest BCUT2D eigenvalue weighted by Crippen LogP contribution is -2.41. The molecule has 1 saturated heterocycles. The molecule has 8 heteroatoms. The summed E-state index contributed by atoms with van der Waals surface area (Å²) in [5.41, 5.74) is 4.37. The average Bonchev–Trinajstić information content (AvgIpc) is 3.28. The van der Waals surface area contributed by atoms with Gasteiger partial charge in [0.1, 0.15) is 17.6 Å². The summed E-state index contributed by atoms with van der Waals surface area (Å²) >= 11 is 0. The predicted octanol–water partition coefficient (Wildman–Crippen LogP) is 2.42. The molecule has 29 heavy (non-hydrogen) atoms. The number of nitrogens with zero attached hydrogens (tertiary/aromatic N) is 2. The first-order valence-corrected chi connectivity index (χ1v) is 9.20. The first-order chi connectivity index (χ1) is 14.2. The van der Waals surface area contributed by atoms with Crippen LogP contribution in [0, 0.1) is 0 Å². The number of fused-ring (bicyclic) bond motifs is 1. The summed E-state index contributed by atoms with van der Waals surface area (Å²) in [7, 11) is 0. The number of hydrogen-bond donors (Lipinski definition) is 1. The molecule has 1 fully saturated rings. The van der Waals surface area contributed by atoms with Crippen LogP contribution >= 0.6 is 0 Å². The Morgan fingerprint density at radius 3 is 2.52 bits per heavy atom. The van der Waals surface area contributed by atoms with Gasteiger partial charge in [0, 0.05) is 5.56 Å². The van der Waals surface area contributed by atoms with Gasteiger partial charge >= 0.3 is 0 Å². The van der Waals surface area contributed by atoms with E-state index >= 15 is 0 Å². The number of imide groups is 1. The molecule has 2 aliphatic rings. The number of benzene rings is 2. The molecule has 0 spiro atoms. The summed E-state index contributed by atoms with van der Waals surface area (Å²) in [4.78, 5) is 29.1. The van der Waals surface area contributed by atoms with Crippen molar-refractivity contribution in [3.8, 4) is 17.2 Å². The van der Waals surface area contributed by atoms with Crippen molar-refractivity contribution in [2.45, 2.75) is 12.6 Å². The molecule has 0 bridgehead atoms. The fourth-order valence-electron chi connectivity index (χ4n) is 3.19. The van der Waals surface area contributed by atoms with Crippen LogP contribution in [0.1, 0.15) is 26.5 Å². The summed E-state index contributed by atoms with van der Waals surface area (Å²) in [5.74, 6) is 0.889. The number of hydrazine groups is 1. The van der Waals surface area contributed by atoms with E-state index in [1.165, 1.54) is 0 Å². The van der Waals surface area contributed by atoms with Crippen LogP contribution in [0.15, 0.2) is 59.1 Å². The lowest BCUT2D eigenvalue weighted by atomic mass is 10.1. The number of aromatic nitrogens is 1. The summed E-state index contributed by atoms with van der Waals surface area (Å²) in [6.45, 7) is 1.34. The second-order valence-electron chi connectivity index (χ2n) is 6.76. The Morgan fingerprint density at radius 2 is 1.83 bits per heavy atom. The van der Waals surface area contributed by atoms with E-state index in [0.29, 0.717) is 36.0 Å². The average molecular weight is 391 g/mol. The molecular formula is C21H17N3O5. The Balaban J connectivity index is 1.26.